The molecule has 0 radical (unpaired) electrons. The van der Waals surface area contributed by atoms with E-state index in [0.717, 1.165) is 17.7 Å². The molecule has 1 aliphatic rings. The first kappa shape index (κ1) is 15.6. The molecule has 3 N–H and O–H groups in total. The molecular weight excluding hydrogens is 293 g/mol. The minimum Gasteiger partial charge on any atom is -0.326 e. The number of halogens is 1. The van der Waals surface area contributed by atoms with Crippen molar-refractivity contribution in [1.82, 2.24) is 10.9 Å². The summed E-state index contributed by atoms with van der Waals surface area (Å²) in [6.45, 7) is 2.62. The van der Waals surface area contributed by atoms with Gasteiger partial charge in [-0.05, 0) is 41.8 Å². The number of nitrogens with one attached hydrogen (secondary N) is 3. The van der Waals surface area contributed by atoms with E-state index in [1.807, 2.05) is 24.3 Å². The fourth-order valence-electron chi connectivity index (χ4n) is 2.79. The summed E-state index contributed by atoms with van der Waals surface area (Å²) >= 11 is 0. The average Bonchev–Trinajstić information content (AvgIpc) is 3.06. The number of carbonyl (C=O) groups is 1. The number of rotatable bonds is 4. The molecule has 1 saturated heterocycles. The molecule has 2 aromatic carbocycles. The van der Waals surface area contributed by atoms with Crippen LogP contribution in [-0.4, -0.2) is 12.5 Å². The molecule has 1 amide bonds. The third kappa shape index (κ3) is 3.57. The molecule has 1 fully saturated rings. The van der Waals surface area contributed by atoms with Crippen LogP contribution in [0, 0.1) is 11.7 Å². The highest BCUT2D eigenvalue weighted by Gasteiger charge is 2.33. The van der Waals surface area contributed by atoms with Gasteiger partial charge in [0, 0.05) is 12.2 Å². The summed E-state index contributed by atoms with van der Waals surface area (Å²) in [5.41, 5.74) is 9.02. The molecule has 2 unspecified atom stereocenters. The van der Waals surface area contributed by atoms with E-state index >= 15 is 0 Å². The number of amides is 1. The lowest BCUT2D eigenvalue weighted by molar-refractivity contribution is -0.119. The lowest BCUT2D eigenvalue weighted by atomic mass is 9.94. The normalized spacial score (nSPS) is 20.4. The van der Waals surface area contributed by atoms with Crippen molar-refractivity contribution in [3.05, 3.63) is 65.5 Å². The predicted octanol–water partition coefficient (Wildman–Crippen LogP) is 2.79. The van der Waals surface area contributed by atoms with Gasteiger partial charge in [0.25, 0.3) is 0 Å². The van der Waals surface area contributed by atoms with Crippen molar-refractivity contribution in [2.45, 2.75) is 19.4 Å². The van der Waals surface area contributed by atoms with Crippen molar-refractivity contribution in [2.24, 2.45) is 5.92 Å². The Morgan fingerprint density at radius 2 is 1.87 bits per heavy atom. The largest absolute Gasteiger partial charge is 0.326 e. The Balaban J connectivity index is 1.71. The van der Waals surface area contributed by atoms with Crippen LogP contribution in [-0.2, 0) is 11.2 Å². The second-order valence-electron chi connectivity index (χ2n) is 5.70. The zero-order valence-corrected chi connectivity index (χ0v) is 13.0. The van der Waals surface area contributed by atoms with Crippen molar-refractivity contribution in [3.63, 3.8) is 0 Å². The minimum absolute atomic E-state index is 0.0546. The van der Waals surface area contributed by atoms with Crippen molar-refractivity contribution < 1.29 is 9.18 Å². The number of hydrogen-bond donors (Lipinski definition) is 3. The quantitative estimate of drug-likeness (QED) is 0.813. The highest BCUT2D eigenvalue weighted by Crippen LogP contribution is 2.26. The summed E-state index contributed by atoms with van der Waals surface area (Å²) in [5, 5.41) is 2.95. The molecular formula is C18H20FN3O. The predicted molar refractivity (Wildman–Crippen MR) is 88.2 cm³/mol. The molecule has 0 bridgehead atoms. The Bertz CT molecular complexity index is 670. The van der Waals surface area contributed by atoms with E-state index in [2.05, 4.69) is 23.1 Å². The first-order valence-electron chi connectivity index (χ1n) is 7.81. The van der Waals surface area contributed by atoms with Gasteiger partial charge in [0.15, 0.2) is 0 Å². The molecule has 5 heteroatoms. The third-order valence-electron chi connectivity index (χ3n) is 4.18. The molecule has 1 aliphatic heterocycles. The first-order valence-corrected chi connectivity index (χ1v) is 7.81. The van der Waals surface area contributed by atoms with Crippen LogP contribution >= 0.6 is 0 Å². The monoisotopic (exact) mass is 313 g/mol. The summed E-state index contributed by atoms with van der Waals surface area (Å²) in [4.78, 5) is 12.6. The molecule has 120 valence electrons. The SMILES string of the molecule is CCc1ccc(NC(=O)C2CNNC2c2ccc(F)cc2)cc1. The van der Waals surface area contributed by atoms with E-state index < -0.39 is 0 Å². The Labute approximate surface area is 135 Å². The van der Waals surface area contributed by atoms with E-state index in [9.17, 15) is 9.18 Å². The van der Waals surface area contributed by atoms with Gasteiger partial charge < -0.3 is 5.32 Å². The number of carbonyl (C=O) groups excluding carboxylic acids is 1. The van der Waals surface area contributed by atoms with Gasteiger partial charge >= 0.3 is 0 Å². The average molecular weight is 313 g/mol. The van der Waals surface area contributed by atoms with Gasteiger partial charge in [0.05, 0.1) is 12.0 Å². The second kappa shape index (κ2) is 6.89. The summed E-state index contributed by atoms with van der Waals surface area (Å²) in [5.74, 6) is -0.593. The number of aryl methyl sites for hydroxylation is 1. The molecule has 3 rings (SSSR count). The van der Waals surface area contributed by atoms with Gasteiger partial charge in [0.1, 0.15) is 5.82 Å². The summed E-state index contributed by atoms with van der Waals surface area (Å²) in [6.07, 6.45) is 0.970. The van der Waals surface area contributed by atoms with Crippen LogP contribution in [0.3, 0.4) is 0 Å². The van der Waals surface area contributed by atoms with E-state index in [1.54, 1.807) is 12.1 Å². The van der Waals surface area contributed by atoms with Crippen LogP contribution in [0.5, 0.6) is 0 Å². The van der Waals surface area contributed by atoms with E-state index in [1.165, 1.54) is 17.7 Å². The van der Waals surface area contributed by atoms with Gasteiger partial charge in [-0.15, -0.1) is 0 Å². The zero-order chi connectivity index (χ0) is 16.2. The van der Waals surface area contributed by atoms with Crippen LogP contribution in [0.25, 0.3) is 0 Å². The van der Waals surface area contributed by atoms with Gasteiger partial charge in [0.2, 0.25) is 5.91 Å². The van der Waals surface area contributed by atoms with Crippen LogP contribution < -0.4 is 16.2 Å². The standard InChI is InChI=1S/C18H20FN3O/c1-2-12-3-9-15(10-4-12)21-18(23)16-11-20-22-17(16)13-5-7-14(19)8-6-13/h3-10,16-17,20,22H,2,11H2,1H3,(H,21,23). The Kier molecular flexibility index (Phi) is 4.69. The lowest BCUT2D eigenvalue weighted by Crippen LogP contribution is -2.29. The number of hydrazine groups is 1. The van der Waals surface area contributed by atoms with Crippen molar-refractivity contribution in [2.75, 3.05) is 11.9 Å². The third-order valence-corrected chi connectivity index (χ3v) is 4.18. The molecule has 4 nitrogen and oxygen atoms in total. The molecule has 2 atom stereocenters. The topological polar surface area (TPSA) is 53.2 Å². The molecule has 0 aromatic heterocycles. The Hall–Kier alpha value is -2.24. The molecule has 2 aromatic rings. The fraction of sp³-hybridized carbons (Fsp3) is 0.278. The van der Waals surface area contributed by atoms with Crippen LogP contribution in [0.1, 0.15) is 24.1 Å². The van der Waals surface area contributed by atoms with E-state index in [-0.39, 0.29) is 23.7 Å². The van der Waals surface area contributed by atoms with E-state index in [0.29, 0.717) is 6.54 Å². The molecule has 0 saturated carbocycles. The fourth-order valence-corrected chi connectivity index (χ4v) is 2.79. The highest BCUT2D eigenvalue weighted by atomic mass is 19.1. The molecule has 1 heterocycles. The lowest BCUT2D eigenvalue weighted by Gasteiger charge is -2.18. The van der Waals surface area contributed by atoms with Crippen LogP contribution in [0.15, 0.2) is 48.5 Å². The number of benzene rings is 2. The molecule has 23 heavy (non-hydrogen) atoms. The molecule has 0 aliphatic carbocycles. The smallest absolute Gasteiger partial charge is 0.230 e. The zero-order valence-electron chi connectivity index (χ0n) is 13.0. The van der Waals surface area contributed by atoms with Gasteiger partial charge in [-0.25, -0.2) is 9.82 Å². The highest BCUT2D eigenvalue weighted by molar-refractivity contribution is 5.93. The second-order valence-corrected chi connectivity index (χ2v) is 5.70. The van der Waals surface area contributed by atoms with Gasteiger partial charge in [-0.3, -0.25) is 10.2 Å². The van der Waals surface area contributed by atoms with Crippen LogP contribution in [0.4, 0.5) is 10.1 Å². The summed E-state index contributed by atoms with van der Waals surface area (Å²) in [7, 11) is 0. The number of hydrogen-bond acceptors (Lipinski definition) is 3. The maximum atomic E-state index is 13.1. The Morgan fingerprint density at radius 3 is 2.52 bits per heavy atom. The van der Waals surface area contributed by atoms with E-state index in [4.69, 9.17) is 0 Å². The van der Waals surface area contributed by atoms with Gasteiger partial charge in [-0.2, -0.15) is 0 Å². The first-order chi connectivity index (χ1) is 11.2. The van der Waals surface area contributed by atoms with Crippen molar-refractivity contribution >= 4 is 11.6 Å². The molecule has 0 spiro atoms. The van der Waals surface area contributed by atoms with Gasteiger partial charge in [-0.1, -0.05) is 31.2 Å². The van der Waals surface area contributed by atoms with Crippen molar-refractivity contribution in [3.8, 4) is 0 Å². The maximum absolute atomic E-state index is 13.1. The minimum atomic E-state index is -0.281. The summed E-state index contributed by atoms with van der Waals surface area (Å²) < 4.78 is 13.1. The van der Waals surface area contributed by atoms with Crippen LogP contribution in [0.2, 0.25) is 0 Å². The summed E-state index contributed by atoms with van der Waals surface area (Å²) in [6, 6.07) is 13.9. The Morgan fingerprint density at radius 1 is 1.17 bits per heavy atom. The number of anilines is 1. The van der Waals surface area contributed by atoms with Crippen molar-refractivity contribution in [1.29, 1.82) is 0 Å². The maximum Gasteiger partial charge on any atom is 0.230 e.